The lowest BCUT2D eigenvalue weighted by molar-refractivity contribution is -0.122. The van der Waals surface area contributed by atoms with E-state index in [4.69, 9.17) is 0 Å². The van der Waals surface area contributed by atoms with Gasteiger partial charge in [-0.05, 0) is 45.7 Å². The molecule has 1 amide bonds. The van der Waals surface area contributed by atoms with Crippen LogP contribution < -0.4 is 10.6 Å². The van der Waals surface area contributed by atoms with Gasteiger partial charge < -0.3 is 15.5 Å². The predicted octanol–water partition coefficient (Wildman–Crippen LogP) is 1.35. The molecule has 0 unspecified atom stereocenters. The number of aliphatic imine (C=N–C) groups is 1. The van der Waals surface area contributed by atoms with E-state index in [2.05, 4.69) is 26.7 Å². The Morgan fingerprint density at radius 3 is 2.57 bits per heavy atom. The van der Waals surface area contributed by atoms with Crippen molar-refractivity contribution in [3.63, 3.8) is 0 Å². The molecule has 6 nitrogen and oxygen atoms in total. The third-order valence-corrected chi connectivity index (χ3v) is 3.14. The predicted molar refractivity (Wildman–Crippen MR) is 94.6 cm³/mol. The molecule has 0 aromatic carbocycles. The first-order valence-electron chi connectivity index (χ1n) is 7.85. The van der Waals surface area contributed by atoms with E-state index in [1.54, 1.807) is 7.05 Å². The van der Waals surface area contributed by atoms with E-state index in [-0.39, 0.29) is 18.0 Å². The summed E-state index contributed by atoms with van der Waals surface area (Å²) in [4.78, 5) is 22.3. The Bertz CT molecular complexity index is 531. The summed E-state index contributed by atoms with van der Waals surface area (Å²) in [6, 6.07) is 4.08. The van der Waals surface area contributed by atoms with Crippen LogP contribution >= 0.6 is 0 Å². The molecule has 1 aromatic heterocycles. The summed E-state index contributed by atoms with van der Waals surface area (Å²) < 4.78 is 0. The molecule has 6 heteroatoms. The lowest BCUT2D eigenvalue weighted by Crippen LogP contribution is -2.49. The molecule has 2 N–H and O–H groups in total. The van der Waals surface area contributed by atoms with E-state index >= 15 is 0 Å². The summed E-state index contributed by atoms with van der Waals surface area (Å²) >= 11 is 0. The number of pyridine rings is 1. The van der Waals surface area contributed by atoms with Crippen molar-refractivity contribution in [2.45, 2.75) is 39.7 Å². The molecule has 1 aromatic rings. The van der Waals surface area contributed by atoms with Crippen molar-refractivity contribution in [3.8, 4) is 0 Å². The zero-order valence-electron chi connectivity index (χ0n) is 15.1. The molecular formula is C17H29N5O. The smallest absolute Gasteiger partial charge is 0.240 e. The van der Waals surface area contributed by atoms with Crippen LogP contribution in [0, 0.1) is 6.92 Å². The number of nitrogens with zero attached hydrogens (tertiary/aromatic N) is 3. The van der Waals surface area contributed by atoms with Crippen LogP contribution in [-0.4, -0.2) is 54.5 Å². The van der Waals surface area contributed by atoms with Crippen LogP contribution in [0.3, 0.4) is 0 Å². The van der Waals surface area contributed by atoms with Gasteiger partial charge in [0.2, 0.25) is 5.91 Å². The van der Waals surface area contributed by atoms with Crippen molar-refractivity contribution in [1.29, 1.82) is 0 Å². The number of aryl methyl sites for hydroxylation is 1. The van der Waals surface area contributed by atoms with E-state index < -0.39 is 0 Å². The molecule has 0 saturated carbocycles. The Morgan fingerprint density at radius 2 is 2.04 bits per heavy atom. The molecule has 0 aliphatic rings. The normalized spacial score (nSPS) is 12.0. The Balaban J connectivity index is 2.44. The van der Waals surface area contributed by atoms with Gasteiger partial charge in [-0.25, -0.2) is 0 Å². The van der Waals surface area contributed by atoms with Gasteiger partial charge in [0.15, 0.2) is 5.96 Å². The van der Waals surface area contributed by atoms with Gasteiger partial charge in [0.05, 0.1) is 6.54 Å². The van der Waals surface area contributed by atoms with Gasteiger partial charge in [0.25, 0.3) is 0 Å². The number of likely N-dealkylation sites (N-methyl/N-ethyl adjacent to an activating group) is 1. The summed E-state index contributed by atoms with van der Waals surface area (Å²) in [5.74, 6) is 0.680. The molecule has 0 aliphatic heterocycles. The van der Waals surface area contributed by atoms with Gasteiger partial charge in [-0.15, -0.1) is 0 Å². The minimum absolute atomic E-state index is 0.0225. The number of hydrogen-bond donors (Lipinski definition) is 2. The largest absolute Gasteiger partial charge is 0.356 e. The van der Waals surface area contributed by atoms with E-state index in [9.17, 15) is 4.79 Å². The number of nitrogens with one attached hydrogen (secondary N) is 2. The molecule has 1 heterocycles. The van der Waals surface area contributed by atoms with Gasteiger partial charge >= 0.3 is 0 Å². The maximum absolute atomic E-state index is 12.0. The van der Waals surface area contributed by atoms with Gasteiger partial charge in [0, 0.05) is 38.1 Å². The lowest BCUT2D eigenvalue weighted by atomic mass is 10.1. The lowest BCUT2D eigenvalue weighted by Gasteiger charge is -2.25. The minimum Gasteiger partial charge on any atom is -0.356 e. The summed E-state index contributed by atoms with van der Waals surface area (Å²) in [6.07, 6.45) is 2.74. The number of guanidine groups is 1. The second-order valence-electron chi connectivity index (χ2n) is 6.69. The van der Waals surface area contributed by atoms with Crippen LogP contribution in [-0.2, 0) is 11.2 Å². The number of carbonyl (C=O) groups excluding carboxylic acids is 1. The van der Waals surface area contributed by atoms with Crippen molar-refractivity contribution in [3.05, 3.63) is 29.6 Å². The van der Waals surface area contributed by atoms with Gasteiger partial charge in [-0.2, -0.15) is 0 Å². The zero-order valence-corrected chi connectivity index (χ0v) is 15.1. The molecule has 0 atom stereocenters. The van der Waals surface area contributed by atoms with Crippen molar-refractivity contribution in [1.82, 2.24) is 20.5 Å². The molecule has 0 fully saturated rings. The Hall–Kier alpha value is -2.11. The van der Waals surface area contributed by atoms with Crippen LogP contribution in [0.5, 0.6) is 0 Å². The average Bonchev–Trinajstić information content (AvgIpc) is 2.43. The number of carbonyl (C=O) groups is 1. The summed E-state index contributed by atoms with van der Waals surface area (Å²) in [5, 5.41) is 6.21. The second kappa shape index (κ2) is 8.50. The first kappa shape index (κ1) is 18.9. The van der Waals surface area contributed by atoms with Crippen molar-refractivity contribution in [2.24, 2.45) is 4.99 Å². The quantitative estimate of drug-likeness (QED) is 0.635. The molecular weight excluding hydrogens is 290 g/mol. The highest BCUT2D eigenvalue weighted by Gasteiger charge is 2.16. The van der Waals surface area contributed by atoms with Crippen LogP contribution in [0.4, 0.5) is 0 Å². The Kier molecular flexibility index (Phi) is 7.00. The molecule has 0 bridgehead atoms. The van der Waals surface area contributed by atoms with Crippen LogP contribution in [0.1, 0.15) is 32.0 Å². The number of aromatic nitrogens is 1. The summed E-state index contributed by atoms with van der Waals surface area (Å²) in [5.41, 5.74) is 1.96. The standard InChI is InChI=1S/C17H29N5O/c1-13-7-8-14(11-20-13)9-10-19-16(18-5)22(6)12-15(23)21-17(2,3)4/h7-8,11H,9-10,12H2,1-6H3,(H,18,19)(H,21,23). The fraction of sp³-hybridized carbons (Fsp3) is 0.588. The van der Waals surface area contributed by atoms with E-state index in [0.29, 0.717) is 5.96 Å². The minimum atomic E-state index is -0.229. The molecule has 1 rings (SSSR count). The number of rotatable bonds is 5. The van der Waals surface area contributed by atoms with E-state index in [0.717, 1.165) is 18.7 Å². The number of amides is 1. The van der Waals surface area contributed by atoms with Crippen molar-refractivity contribution < 1.29 is 4.79 Å². The molecule has 0 saturated heterocycles. The zero-order chi connectivity index (χ0) is 17.5. The maximum atomic E-state index is 12.0. The third-order valence-electron chi connectivity index (χ3n) is 3.14. The highest BCUT2D eigenvalue weighted by atomic mass is 16.2. The maximum Gasteiger partial charge on any atom is 0.240 e. The molecule has 0 spiro atoms. The van der Waals surface area contributed by atoms with E-state index in [1.807, 2.05) is 51.9 Å². The van der Waals surface area contributed by atoms with Gasteiger partial charge in [-0.3, -0.25) is 14.8 Å². The molecule has 23 heavy (non-hydrogen) atoms. The molecule has 0 aliphatic carbocycles. The Labute approximate surface area is 139 Å². The topological polar surface area (TPSA) is 69.6 Å². The van der Waals surface area contributed by atoms with Crippen molar-refractivity contribution >= 4 is 11.9 Å². The fourth-order valence-corrected chi connectivity index (χ4v) is 2.10. The van der Waals surface area contributed by atoms with Gasteiger partial charge in [-0.1, -0.05) is 6.07 Å². The molecule has 128 valence electrons. The summed E-state index contributed by atoms with van der Waals surface area (Å²) in [6.45, 7) is 8.88. The summed E-state index contributed by atoms with van der Waals surface area (Å²) in [7, 11) is 3.57. The van der Waals surface area contributed by atoms with E-state index in [1.165, 1.54) is 5.56 Å². The molecule has 0 radical (unpaired) electrons. The van der Waals surface area contributed by atoms with Crippen LogP contribution in [0.15, 0.2) is 23.3 Å². The van der Waals surface area contributed by atoms with Crippen LogP contribution in [0.2, 0.25) is 0 Å². The Morgan fingerprint density at radius 1 is 1.35 bits per heavy atom. The highest BCUT2D eigenvalue weighted by molar-refractivity contribution is 5.86. The van der Waals surface area contributed by atoms with Crippen LogP contribution in [0.25, 0.3) is 0 Å². The average molecular weight is 319 g/mol. The number of hydrogen-bond acceptors (Lipinski definition) is 3. The highest BCUT2D eigenvalue weighted by Crippen LogP contribution is 2.00. The first-order chi connectivity index (χ1) is 10.7. The third kappa shape index (κ3) is 7.63. The first-order valence-corrected chi connectivity index (χ1v) is 7.85. The SMILES string of the molecule is CN=C(NCCc1ccc(C)nc1)N(C)CC(=O)NC(C)(C)C. The second-order valence-corrected chi connectivity index (χ2v) is 6.69. The van der Waals surface area contributed by atoms with Crippen molar-refractivity contribution in [2.75, 3.05) is 27.2 Å². The van der Waals surface area contributed by atoms with Gasteiger partial charge in [0.1, 0.15) is 0 Å². The monoisotopic (exact) mass is 319 g/mol. The fourth-order valence-electron chi connectivity index (χ4n) is 2.10.